The highest BCUT2D eigenvalue weighted by Crippen LogP contribution is 2.19. The summed E-state index contributed by atoms with van der Waals surface area (Å²) < 4.78 is 0. The second-order valence-electron chi connectivity index (χ2n) is 4.34. The normalized spacial score (nSPS) is 26.4. The molecule has 0 spiro atoms. The molecule has 1 aliphatic rings. The maximum Gasteiger partial charge on any atom is 0.0664 e. The molecule has 0 radical (unpaired) electrons. The van der Waals surface area contributed by atoms with Gasteiger partial charge in [0.15, 0.2) is 0 Å². The minimum Gasteiger partial charge on any atom is -0.396 e. The third-order valence-electron chi connectivity index (χ3n) is 3.08. The third kappa shape index (κ3) is 3.95. The van der Waals surface area contributed by atoms with Gasteiger partial charge in [-0.05, 0) is 38.1 Å². The van der Waals surface area contributed by atoms with Crippen LogP contribution >= 0.6 is 0 Å². The first kappa shape index (κ1) is 12.0. The van der Waals surface area contributed by atoms with Gasteiger partial charge >= 0.3 is 0 Å². The number of aliphatic hydroxyl groups excluding tert-OH is 2. The first-order valence-electron chi connectivity index (χ1n) is 5.77. The van der Waals surface area contributed by atoms with Crippen LogP contribution in [0.5, 0.6) is 0 Å². The molecule has 2 N–H and O–H groups in total. The second-order valence-corrected chi connectivity index (χ2v) is 4.34. The van der Waals surface area contributed by atoms with E-state index in [-0.39, 0.29) is 6.10 Å². The van der Waals surface area contributed by atoms with Gasteiger partial charge in [0.25, 0.3) is 0 Å². The van der Waals surface area contributed by atoms with Gasteiger partial charge in [-0.3, -0.25) is 0 Å². The Hall–Kier alpha value is -0.120. The van der Waals surface area contributed by atoms with Crippen molar-refractivity contribution in [2.24, 2.45) is 5.92 Å². The summed E-state index contributed by atoms with van der Waals surface area (Å²) in [5, 5.41) is 18.4. The molecule has 0 aromatic carbocycles. The lowest BCUT2D eigenvalue weighted by atomic mass is 9.95. The molecule has 1 fully saturated rings. The van der Waals surface area contributed by atoms with Gasteiger partial charge in [0, 0.05) is 19.7 Å². The number of nitrogens with zero attached hydrogens (tertiary/aromatic N) is 1. The molecule has 2 unspecified atom stereocenters. The molecule has 0 amide bonds. The van der Waals surface area contributed by atoms with Gasteiger partial charge in [0.1, 0.15) is 0 Å². The van der Waals surface area contributed by atoms with Gasteiger partial charge in [0.2, 0.25) is 0 Å². The van der Waals surface area contributed by atoms with E-state index in [1.54, 1.807) is 0 Å². The molecule has 1 rings (SSSR count). The van der Waals surface area contributed by atoms with Gasteiger partial charge in [0.05, 0.1) is 6.10 Å². The molecule has 14 heavy (non-hydrogen) atoms. The highest BCUT2D eigenvalue weighted by Gasteiger charge is 2.20. The van der Waals surface area contributed by atoms with E-state index < -0.39 is 0 Å². The Morgan fingerprint density at radius 1 is 1.50 bits per heavy atom. The number of hydrogen-bond donors (Lipinski definition) is 2. The Bertz CT molecular complexity index is 150. The van der Waals surface area contributed by atoms with Crippen molar-refractivity contribution < 1.29 is 10.2 Å². The quantitative estimate of drug-likeness (QED) is 0.693. The predicted octanol–water partition coefficient (Wildman–Crippen LogP) is 0.852. The largest absolute Gasteiger partial charge is 0.396 e. The lowest BCUT2D eigenvalue weighted by Crippen LogP contribution is -2.40. The van der Waals surface area contributed by atoms with Gasteiger partial charge in [-0.2, -0.15) is 0 Å². The summed E-state index contributed by atoms with van der Waals surface area (Å²) in [5.74, 6) is 0.637. The molecule has 3 nitrogen and oxygen atoms in total. The van der Waals surface area contributed by atoms with Crippen LogP contribution in [0.25, 0.3) is 0 Å². The smallest absolute Gasteiger partial charge is 0.0664 e. The zero-order valence-electron chi connectivity index (χ0n) is 9.15. The van der Waals surface area contributed by atoms with Crippen molar-refractivity contribution in [1.29, 1.82) is 0 Å². The van der Waals surface area contributed by atoms with Crippen LogP contribution < -0.4 is 0 Å². The third-order valence-corrected chi connectivity index (χ3v) is 3.08. The van der Waals surface area contributed by atoms with Crippen molar-refractivity contribution in [3.8, 4) is 0 Å². The van der Waals surface area contributed by atoms with Crippen molar-refractivity contribution in [3.05, 3.63) is 0 Å². The van der Waals surface area contributed by atoms with Crippen LogP contribution in [0.4, 0.5) is 0 Å². The number of aliphatic hydroxyl groups is 2. The van der Waals surface area contributed by atoms with E-state index in [0.717, 1.165) is 32.5 Å². The standard InChI is InChI=1S/C11H23NO2/c1-2-11(14)9-12-6-3-4-10(8-12)5-7-13/h10-11,13-14H,2-9H2,1H3. The fourth-order valence-electron chi connectivity index (χ4n) is 2.16. The zero-order chi connectivity index (χ0) is 10.4. The Kier molecular flexibility index (Phi) is 5.45. The van der Waals surface area contributed by atoms with E-state index in [9.17, 15) is 5.11 Å². The predicted molar refractivity (Wildman–Crippen MR) is 57.2 cm³/mol. The summed E-state index contributed by atoms with van der Waals surface area (Å²) in [6, 6.07) is 0. The van der Waals surface area contributed by atoms with Crippen LogP contribution in [-0.2, 0) is 0 Å². The summed E-state index contributed by atoms with van der Waals surface area (Å²) in [4.78, 5) is 2.33. The number of hydrogen-bond acceptors (Lipinski definition) is 3. The van der Waals surface area contributed by atoms with Gasteiger partial charge in [-0.25, -0.2) is 0 Å². The fraction of sp³-hybridized carbons (Fsp3) is 1.00. The Labute approximate surface area is 86.7 Å². The molecule has 1 heterocycles. The summed E-state index contributed by atoms with van der Waals surface area (Å²) in [6.07, 6.45) is 4.02. The maximum absolute atomic E-state index is 9.54. The molecule has 2 atom stereocenters. The minimum absolute atomic E-state index is 0.178. The molecular formula is C11H23NO2. The van der Waals surface area contributed by atoms with Crippen molar-refractivity contribution in [3.63, 3.8) is 0 Å². The average molecular weight is 201 g/mol. The van der Waals surface area contributed by atoms with Crippen LogP contribution in [0.2, 0.25) is 0 Å². The summed E-state index contributed by atoms with van der Waals surface area (Å²) >= 11 is 0. The zero-order valence-corrected chi connectivity index (χ0v) is 9.15. The van der Waals surface area contributed by atoms with E-state index >= 15 is 0 Å². The van der Waals surface area contributed by atoms with E-state index in [0.29, 0.717) is 12.5 Å². The summed E-state index contributed by atoms with van der Waals surface area (Å²) in [7, 11) is 0. The minimum atomic E-state index is -0.178. The molecule has 0 aromatic rings. The topological polar surface area (TPSA) is 43.7 Å². The SMILES string of the molecule is CCC(O)CN1CCCC(CCO)C1. The van der Waals surface area contributed by atoms with Crippen LogP contribution in [0.15, 0.2) is 0 Å². The fourth-order valence-corrected chi connectivity index (χ4v) is 2.16. The van der Waals surface area contributed by atoms with E-state index in [1.165, 1.54) is 12.8 Å². The van der Waals surface area contributed by atoms with E-state index in [4.69, 9.17) is 5.11 Å². The molecule has 1 saturated heterocycles. The molecule has 0 aromatic heterocycles. The highest BCUT2D eigenvalue weighted by atomic mass is 16.3. The van der Waals surface area contributed by atoms with Crippen LogP contribution in [0, 0.1) is 5.92 Å². The summed E-state index contributed by atoms with van der Waals surface area (Å²) in [6.45, 7) is 5.28. The van der Waals surface area contributed by atoms with Crippen molar-refractivity contribution in [2.45, 2.75) is 38.7 Å². The van der Waals surface area contributed by atoms with Crippen molar-refractivity contribution in [2.75, 3.05) is 26.2 Å². The number of piperidine rings is 1. The summed E-state index contributed by atoms with van der Waals surface area (Å²) in [5.41, 5.74) is 0. The van der Waals surface area contributed by atoms with Crippen LogP contribution in [-0.4, -0.2) is 47.5 Å². The number of β-amino-alcohol motifs (C(OH)–C–C–N with tert-alkyl or cyclic N) is 1. The second kappa shape index (κ2) is 6.38. The van der Waals surface area contributed by atoms with Gasteiger partial charge in [-0.1, -0.05) is 6.92 Å². The van der Waals surface area contributed by atoms with Crippen molar-refractivity contribution >= 4 is 0 Å². The van der Waals surface area contributed by atoms with Crippen LogP contribution in [0.3, 0.4) is 0 Å². The highest BCUT2D eigenvalue weighted by molar-refractivity contribution is 4.74. The lowest BCUT2D eigenvalue weighted by Gasteiger charge is -2.33. The molecule has 0 aliphatic carbocycles. The van der Waals surface area contributed by atoms with Crippen LogP contribution in [0.1, 0.15) is 32.6 Å². The molecule has 84 valence electrons. The monoisotopic (exact) mass is 201 g/mol. The number of rotatable bonds is 5. The van der Waals surface area contributed by atoms with Gasteiger partial charge < -0.3 is 15.1 Å². The molecule has 0 bridgehead atoms. The van der Waals surface area contributed by atoms with Crippen molar-refractivity contribution in [1.82, 2.24) is 4.90 Å². The number of likely N-dealkylation sites (tertiary alicyclic amines) is 1. The van der Waals surface area contributed by atoms with E-state index in [1.807, 2.05) is 6.92 Å². The lowest BCUT2D eigenvalue weighted by molar-refractivity contribution is 0.0763. The molecule has 0 saturated carbocycles. The molecular weight excluding hydrogens is 178 g/mol. The maximum atomic E-state index is 9.54. The Morgan fingerprint density at radius 3 is 2.93 bits per heavy atom. The Morgan fingerprint density at radius 2 is 2.29 bits per heavy atom. The first-order chi connectivity index (χ1) is 6.76. The average Bonchev–Trinajstić information content (AvgIpc) is 2.19. The molecule has 3 heteroatoms. The molecule has 1 aliphatic heterocycles. The van der Waals surface area contributed by atoms with Gasteiger partial charge in [-0.15, -0.1) is 0 Å². The van der Waals surface area contributed by atoms with E-state index in [2.05, 4.69) is 4.90 Å². The first-order valence-corrected chi connectivity index (χ1v) is 5.77. The Balaban J connectivity index is 2.25.